The van der Waals surface area contributed by atoms with Crippen molar-refractivity contribution in [3.63, 3.8) is 0 Å². The van der Waals surface area contributed by atoms with Gasteiger partial charge in [-0.05, 0) is 72.6 Å². The van der Waals surface area contributed by atoms with E-state index in [9.17, 15) is 12.8 Å². The van der Waals surface area contributed by atoms with E-state index in [2.05, 4.69) is 10.3 Å². The van der Waals surface area contributed by atoms with Gasteiger partial charge in [-0.2, -0.15) is 4.98 Å². The van der Waals surface area contributed by atoms with E-state index >= 15 is 0 Å². The van der Waals surface area contributed by atoms with Gasteiger partial charge in [0.25, 0.3) is 0 Å². The van der Waals surface area contributed by atoms with E-state index < -0.39 is 15.7 Å². The Morgan fingerprint density at radius 3 is 2.30 bits per heavy atom. The van der Waals surface area contributed by atoms with Gasteiger partial charge in [-0.3, -0.25) is 0 Å². The molecule has 0 saturated carbocycles. The average molecular weight is 487 g/mol. The maximum absolute atomic E-state index is 13.3. The summed E-state index contributed by atoms with van der Waals surface area (Å²) in [5, 5.41) is 3.20. The van der Waals surface area contributed by atoms with Gasteiger partial charge in [0, 0.05) is 17.1 Å². The Morgan fingerprint density at radius 2 is 1.67 bits per heavy atom. The van der Waals surface area contributed by atoms with E-state index in [1.54, 1.807) is 7.11 Å². The summed E-state index contributed by atoms with van der Waals surface area (Å²) in [6.07, 6.45) is 0.608. The third-order valence-corrected chi connectivity index (χ3v) is 6.85. The zero-order valence-corrected chi connectivity index (χ0v) is 19.2. The number of hydrogen-bond acceptors (Lipinski definition) is 6. The van der Waals surface area contributed by atoms with Crippen LogP contribution in [0, 0.1) is 5.82 Å². The van der Waals surface area contributed by atoms with Crippen LogP contribution in [0.4, 0.5) is 10.3 Å². The molecule has 0 bridgehead atoms. The number of rotatable bonds is 8. The highest BCUT2D eigenvalue weighted by molar-refractivity contribution is 7.91. The topological polar surface area (TPSA) is 81.4 Å². The van der Waals surface area contributed by atoms with Gasteiger partial charge in [-0.1, -0.05) is 23.7 Å². The van der Waals surface area contributed by atoms with Crippen molar-refractivity contribution in [2.24, 2.45) is 0 Å². The third-order valence-electron chi connectivity index (χ3n) is 4.92. The highest BCUT2D eigenvalue weighted by atomic mass is 35.5. The number of benzene rings is 3. The highest BCUT2D eigenvalue weighted by Gasteiger charge is 2.28. The van der Waals surface area contributed by atoms with Gasteiger partial charge in [0.15, 0.2) is 0 Å². The first kappa shape index (κ1) is 22.8. The van der Waals surface area contributed by atoms with Crippen LogP contribution in [0.15, 0.2) is 87.1 Å². The minimum absolute atomic E-state index is 0.0118. The molecule has 33 heavy (non-hydrogen) atoms. The summed E-state index contributed by atoms with van der Waals surface area (Å²) in [6, 6.07) is 18.8. The fourth-order valence-electron chi connectivity index (χ4n) is 3.15. The lowest BCUT2D eigenvalue weighted by Crippen LogP contribution is -2.09. The van der Waals surface area contributed by atoms with Gasteiger partial charge in [-0.15, -0.1) is 0 Å². The third kappa shape index (κ3) is 5.18. The fourth-order valence-corrected chi connectivity index (χ4v) is 4.56. The monoisotopic (exact) mass is 486 g/mol. The van der Waals surface area contributed by atoms with E-state index in [0.29, 0.717) is 23.6 Å². The number of nitrogens with zero attached hydrogens (tertiary/aromatic N) is 1. The first-order chi connectivity index (χ1) is 15.9. The molecule has 6 nitrogen and oxygen atoms in total. The molecule has 4 rings (SSSR count). The molecule has 0 unspecified atom stereocenters. The molecule has 0 atom stereocenters. The molecule has 1 heterocycles. The molecule has 4 aromatic rings. The lowest BCUT2D eigenvalue weighted by Gasteiger charge is -2.07. The van der Waals surface area contributed by atoms with Gasteiger partial charge < -0.3 is 14.5 Å². The van der Waals surface area contributed by atoms with Crippen LogP contribution in [0.5, 0.6) is 5.75 Å². The minimum atomic E-state index is -4.00. The maximum atomic E-state index is 13.3. The number of oxazole rings is 1. The summed E-state index contributed by atoms with van der Waals surface area (Å²) in [6.45, 7) is 0.396. The van der Waals surface area contributed by atoms with Crippen molar-refractivity contribution in [3.8, 4) is 17.2 Å². The van der Waals surface area contributed by atoms with Crippen molar-refractivity contribution >= 4 is 27.3 Å². The lowest BCUT2D eigenvalue weighted by molar-refractivity contribution is 0.414. The summed E-state index contributed by atoms with van der Waals surface area (Å²) in [4.78, 5) is 4.27. The number of sulfone groups is 1. The van der Waals surface area contributed by atoms with Gasteiger partial charge in [0.05, 0.1) is 12.0 Å². The van der Waals surface area contributed by atoms with Crippen molar-refractivity contribution in [3.05, 3.63) is 89.2 Å². The Hall–Kier alpha value is -3.36. The molecule has 0 aliphatic carbocycles. The summed E-state index contributed by atoms with van der Waals surface area (Å²) in [5.41, 5.74) is 1.48. The predicted molar refractivity (Wildman–Crippen MR) is 124 cm³/mol. The number of ether oxygens (including phenoxy) is 1. The molecule has 0 amide bonds. The molecule has 0 aliphatic rings. The largest absolute Gasteiger partial charge is 0.497 e. The molecule has 3 aromatic carbocycles. The minimum Gasteiger partial charge on any atom is -0.497 e. The molecule has 0 fully saturated rings. The zero-order valence-electron chi connectivity index (χ0n) is 17.6. The SMILES string of the molecule is COc1ccc(CCNc2oc(-c3ccc(F)cc3)nc2S(=O)(=O)c2ccc(Cl)cc2)cc1. The standard InChI is InChI=1S/C24H20ClFN2O4S/c1-31-20-10-2-16(3-11-20)14-15-27-23-24(33(29,30)21-12-6-18(25)7-13-21)28-22(32-23)17-4-8-19(26)9-5-17/h2-13,27H,14-15H2,1H3. The number of nitrogens with one attached hydrogen (secondary N) is 1. The Balaban J connectivity index is 1.64. The van der Waals surface area contributed by atoms with Crippen molar-refractivity contribution in [1.29, 1.82) is 0 Å². The smallest absolute Gasteiger partial charge is 0.233 e. The maximum Gasteiger partial charge on any atom is 0.233 e. The van der Waals surface area contributed by atoms with E-state index in [4.69, 9.17) is 20.8 Å². The molecular weight excluding hydrogens is 467 g/mol. The van der Waals surface area contributed by atoms with E-state index in [1.165, 1.54) is 48.5 Å². The van der Waals surface area contributed by atoms with Crippen LogP contribution < -0.4 is 10.1 Å². The van der Waals surface area contributed by atoms with Crippen LogP contribution in [0.25, 0.3) is 11.5 Å². The molecule has 170 valence electrons. The quantitative estimate of drug-likeness (QED) is 0.347. The van der Waals surface area contributed by atoms with Gasteiger partial charge in [0.2, 0.25) is 26.6 Å². The van der Waals surface area contributed by atoms with Crippen LogP contribution in [-0.4, -0.2) is 27.1 Å². The second kappa shape index (κ2) is 9.64. The van der Waals surface area contributed by atoms with Crippen LogP contribution >= 0.6 is 11.6 Å². The molecule has 1 N–H and O–H groups in total. The van der Waals surface area contributed by atoms with Crippen molar-refractivity contribution < 1.29 is 22.0 Å². The first-order valence-electron chi connectivity index (χ1n) is 10.0. The fraction of sp³-hybridized carbons (Fsp3) is 0.125. The number of anilines is 1. The Bertz CT molecular complexity index is 1340. The zero-order chi connectivity index (χ0) is 23.4. The number of hydrogen-bond donors (Lipinski definition) is 1. The molecule has 0 radical (unpaired) electrons. The Kier molecular flexibility index (Phi) is 6.67. The van der Waals surface area contributed by atoms with Crippen molar-refractivity contribution in [1.82, 2.24) is 4.98 Å². The normalized spacial score (nSPS) is 11.4. The second-order valence-corrected chi connectivity index (χ2v) is 9.44. The molecule has 0 saturated heterocycles. The Labute approximate surface area is 195 Å². The number of aromatic nitrogens is 1. The van der Waals surface area contributed by atoms with E-state index in [1.807, 2.05) is 24.3 Å². The molecule has 9 heteroatoms. The number of halogens is 2. The molecular formula is C24H20ClFN2O4S. The Morgan fingerprint density at radius 1 is 1.00 bits per heavy atom. The molecule has 0 spiro atoms. The lowest BCUT2D eigenvalue weighted by atomic mass is 10.1. The van der Waals surface area contributed by atoms with Crippen molar-refractivity contribution in [2.45, 2.75) is 16.3 Å². The van der Waals surface area contributed by atoms with Crippen LogP contribution in [-0.2, 0) is 16.3 Å². The van der Waals surface area contributed by atoms with Crippen LogP contribution in [0.2, 0.25) is 5.02 Å². The summed E-state index contributed by atoms with van der Waals surface area (Å²) < 4.78 is 50.8. The predicted octanol–water partition coefficient (Wildman–Crippen LogP) is 5.63. The summed E-state index contributed by atoms with van der Waals surface area (Å²) in [7, 11) is -2.40. The second-order valence-electron chi connectivity index (χ2n) is 7.14. The van der Waals surface area contributed by atoms with Gasteiger partial charge >= 0.3 is 0 Å². The molecule has 0 aliphatic heterocycles. The van der Waals surface area contributed by atoms with Gasteiger partial charge in [0.1, 0.15) is 11.6 Å². The first-order valence-corrected chi connectivity index (χ1v) is 11.9. The summed E-state index contributed by atoms with van der Waals surface area (Å²) in [5.74, 6) is 0.409. The van der Waals surface area contributed by atoms with E-state index in [0.717, 1.165) is 11.3 Å². The summed E-state index contributed by atoms with van der Waals surface area (Å²) >= 11 is 5.90. The van der Waals surface area contributed by atoms with Crippen LogP contribution in [0.3, 0.4) is 0 Å². The highest BCUT2D eigenvalue weighted by Crippen LogP contribution is 2.33. The molecule has 1 aromatic heterocycles. The van der Waals surface area contributed by atoms with E-state index in [-0.39, 0.29) is 21.7 Å². The van der Waals surface area contributed by atoms with Gasteiger partial charge in [-0.25, -0.2) is 12.8 Å². The average Bonchev–Trinajstić information content (AvgIpc) is 3.25. The van der Waals surface area contributed by atoms with Crippen LogP contribution in [0.1, 0.15) is 5.56 Å². The van der Waals surface area contributed by atoms with Crippen molar-refractivity contribution in [2.75, 3.05) is 19.0 Å². The number of methoxy groups -OCH3 is 1.